The third-order valence-electron chi connectivity index (χ3n) is 5.21. The molecule has 136 valence electrons. The Morgan fingerprint density at radius 3 is 2.50 bits per heavy atom. The molecular formula is C21H25N3O2. The number of ether oxygens (including phenoxy) is 1. The number of nitrogens with zero attached hydrogens (tertiary/aromatic N) is 1. The van der Waals surface area contributed by atoms with Crippen LogP contribution in [0.25, 0.3) is 0 Å². The number of likely N-dealkylation sites (tertiary alicyclic amines) is 1. The monoisotopic (exact) mass is 351 g/mol. The number of hydrogen-bond acceptors (Lipinski definition) is 4. The zero-order valence-electron chi connectivity index (χ0n) is 15.3. The largest absolute Gasteiger partial charge is 0.493 e. The maximum Gasteiger partial charge on any atom is 0.225 e. The number of fused-ring (bicyclic) bond motifs is 1. The van der Waals surface area contributed by atoms with Crippen LogP contribution < -0.4 is 15.4 Å². The lowest BCUT2D eigenvalue weighted by molar-refractivity contribution is -0.131. The van der Waals surface area contributed by atoms with Gasteiger partial charge in [-0.1, -0.05) is 24.3 Å². The zero-order chi connectivity index (χ0) is 18.1. The van der Waals surface area contributed by atoms with Gasteiger partial charge in [-0.05, 0) is 49.6 Å². The fourth-order valence-corrected chi connectivity index (χ4v) is 3.80. The molecule has 0 atom stereocenters. The van der Waals surface area contributed by atoms with Gasteiger partial charge in [0.05, 0.1) is 18.0 Å². The van der Waals surface area contributed by atoms with Crippen LogP contribution in [0.15, 0.2) is 42.5 Å². The predicted molar refractivity (Wildman–Crippen MR) is 103 cm³/mol. The van der Waals surface area contributed by atoms with Gasteiger partial charge in [-0.25, -0.2) is 0 Å². The molecule has 1 saturated heterocycles. The van der Waals surface area contributed by atoms with E-state index in [0.29, 0.717) is 19.4 Å². The van der Waals surface area contributed by atoms with Crippen molar-refractivity contribution in [1.29, 1.82) is 0 Å². The standard InChI is InChI=1S/C21H25N3O2/c1-15-9-10-16(2)19(14-15)26-13-11-21(24-12-5-8-20(24)25)22-17-6-3-4-7-18(17)23-21/h3-4,6-7,9-10,14,22-23H,5,8,11-13H2,1-2H3. The van der Waals surface area contributed by atoms with Crippen molar-refractivity contribution in [3.05, 3.63) is 53.6 Å². The van der Waals surface area contributed by atoms with E-state index >= 15 is 0 Å². The van der Waals surface area contributed by atoms with Crippen molar-refractivity contribution in [2.75, 3.05) is 23.8 Å². The summed E-state index contributed by atoms with van der Waals surface area (Å²) in [4.78, 5) is 14.4. The summed E-state index contributed by atoms with van der Waals surface area (Å²) in [5.41, 5.74) is 4.36. The fourth-order valence-electron chi connectivity index (χ4n) is 3.80. The average molecular weight is 351 g/mol. The Kier molecular flexibility index (Phi) is 4.23. The van der Waals surface area contributed by atoms with Gasteiger partial charge < -0.3 is 20.3 Å². The maximum absolute atomic E-state index is 12.5. The van der Waals surface area contributed by atoms with Gasteiger partial charge >= 0.3 is 0 Å². The molecular weight excluding hydrogens is 326 g/mol. The second-order valence-corrected chi connectivity index (χ2v) is 7.17. The van der Waals surface area contributed by atoms with Gasteiger partial charge in [0, 0.05) is 19.4 Å². The molecule has 2 aromatic rings. The Labute approximate surface area is 154 Å². The molecule has 0 aromatic heterocycles. The number of rotatable bonds is 5. The number of anilines is 2. The molecule has 2 N–H and O–H groups in total. The zero-order valence-corrected chi connectivity index (χ0v) is 15.3. The summed E-state index contributed by atoms with van der Waals surface area (Å²) in [5.74, 6) is 0.475. The van der Waals surface area contributed by atoms with Crippen LogP contribution in [0.3, 0.4) is 0 Å². The summed E-state index contributed by atoms with van der Waals surface area (Å²) in [6.07, 6.45) is 2.16. The summed E-state index contributed by atoms with van der Waals surface area (Å²) in [6, 6.07) is 14.3. The molecule has 26 heavy (non-hydrogen) atoms. The highest BCUT2D eigenvalue weighted by Gasteiger charge is 2.45. The minimum atomic E-state index is -0.616. The number of carbonyl (C=O) groups is 1. The van der Waals surface area contributed by atoms with Crippen molar-refractivity contribution in [2.45, 2.75) is 38.9 Å². The Morgan fingerprint density at radius 1 is 1.12 bits per heavy atom. The van der Waals surface area contributed by atoms with E-state index in [2.05, 4.69) is 42.7 Å². The van der Waals surface area contributed by atoms with Gasteiger partial charge in [-0.3, -0.25) is 4.79 Å². The first-order chi connectivity index (χ1) is 12.6. The highest BCUT2D eigenvalue weighted by Crippen LogP contribution is 2.39. The highest BCUT2D eigenvalue weighted by atomic mass is 16.5. The molecule has 2 aromatic carbocycles. The van der Waals surface area contributed by atoms with Crippen molar-refractivity contribution in [3.8, 4) is 5.75 Å². The normalized spacial score (nSPS) is 17.6. The highest BCUT2D eigenvalue weighted by molar-refractivity contribution is 5.83. The van der Waals surface area contributed by atoms with Crippen LogP contribution in [0.4, 0.5) is 11.4 Å². The van der Waals surface area contributed by atoms with Gasteiger partial charge in [0.1, 0.15) is 5.75 Å². The van der Waals surface area contributed by atoms with Crippen LogP contribution in [0.5, 0.6) is 5.75 Å². The average Bonchev–Trinajstić information content (AvgIpc) is 3.21. The molecule has 0 bridgehead atoms. The van der Waals surface area contributed by atoms with Crippen LogP contribution in [0.1, 0.15) is 30.4 Å². The molecule has 0 aliphatic carbocycles. The molecule has 4 rings (SSSR count). The van der Waals surface area contributed by atoms with E-state index in [-0.39, 0.29) is 5.91 Å². The lowest BCUT2D eigenvalue weighted by atomic mass is 10.1. The smallest absolute Gasteiger partial charge is 0.225 e. The lowest BCUT2D eigenvalue weighted by Gasteiger charge is -2.39. The molecule has 2 aliphatic rings. The molecule has 2 aliphatic heterocycles. The van der Waals surface area contributed by atoms with Gasteiger partial charge in [-0.15, -0.1) is 0 Å². The number of carbonyl (C=O) groups excluding carboxylic acids is 1. The minimum absolute atomic E-state index is 0.185. The third-order valence-corrected chi connectivity index (χ3v) is 5.21. The van der Waals surface area contributed by atoms with Gasteiger partial charge in [0.2, 0.25) is 5.91 Å². The third kappa shape index (κ3) is 2.98. The summed E-state index contributed by atoms with van der Waals surface area (Å²) in [5, 5.41) is 7.09. The van der Waals surface area contributed by atoms with Gasteiger partial charge in [-0.2, -0.15) is 0 Å². The summed E-state index contributed by atoms with van der Waals surface area (Å²) < 4.78 is 6.08. The Hall–Kier alpha value is -2.69. The van der Waals surface area contributed by atoms with Gasteiger partial charge in [0.25, 0.3) is 0 Å². The summed E-state index contributed by atoms with van der Waals surface area (Å²) in [7, 11) is 0. The predicted octanol–water partition coefficient (Wildman–Crippen LogP) is 3.89. The molecule has 0 radical (unpaired) electrons. The topological polar surface area (TPSA) is 53.6 Å². The van der Waals surface area contributed by atoms with E-state index in [4.69, 9.17) is 4.74 Å². The van der Waals surface area contributed by atoms with Crippen molar-refractivity contribution >= 4 is 17.3 Å². The van der Waals surface area contributed by atoms with Crippen LogP contribution >= 0.6 is 0 Å². The number of benzene rings is 2. The number of hydrogen-bond donors (Lipinski definition) is 2. The van der Waals surface area contributed by atoms with E-state index in [0.717, 1.165) is 35.7 Å². The first-order valence-corrected chi connectivity index (χ1v) is 9.23. The van der Waals surface area contributed by atoms with Crippen LogP contribution in [-0.4, -0.2) is 29.7 Å². The van der Waals surface area contributed by atoms with E-state index in [1.807, 2.05) is 29.2 Å². The summed E-state index contributed by atoms with van der Waals surface area (Å²) in [6.45, 7) is 5.39. The van der Waals surface area contributed by atoms with Crippen molar-refractivity contribution in [2.24, 2.45) is 0 Å². The Bertz CT molecular complexity index is 809. The second kappa shape index (κ2) is 6.56. The van der Waals surface area contributed by atoms with Crippen molar-refractivity contribution in [1.82, 2.24) is 4.90 Å². The number of nitrogens with one attached hydrogen (secondary N) is 2. The van der Waals surface area contributed by atoms with E-state index < -0.39 is 5.79 Å². The Morgan fingerprint density at radius 2 is 1.85 bits per heavy atom. The molecule has 1 amide bonds. The van der Waals surface area contributed by atoms with E-state index in [1.54, 1.807) is 0 Å². The quantitative estimate of drug-likeness (QED) is 0.858. The molecule has 5 heteroatoms. The second-order valence-electron chi connectivity index (χ2n) is 7.17. The molecule has 0 unspecified atom stereocenters. The van der Waals surface area contributed by atoms with Gasteiger partial charge in [0.15, 0.2) is 5.79 Å². The number of amides is 1. The minimum Gasteiger partial charge on any atom is -0.493 e. The van der Waals surface area contributed by atoms with Crippen molar-refractivity contribution in [3.63, 3.8) is 0 Å². The lowest BCUT2D eigenvalue weighted by Crippen LogP contribution is -2.58. The SMILES string of the molecule is Cc1ccc(C)c(OCCC2(N3CCCC3=O)Nc3ccccc3N2)c1. The fraction of sp³-hybridized carbons (Fsp3) is 0.381. The van der Waals surface area contributed by atoms with Crippen LogP contribution in [-0.2, 0) is 4.79 Å². The first-order valence-electron chi connectivity index (χ1n) is 9.23. The number of para-hydroxylation sites is 2. The maximum atomic E-state index is 12.5. The molecule has 1 fully saturated rings. The molecule has 2 heterocycles. The number of aryl methyl sites for hydroxylation is 2. The van der Waals surface area contributed by atoms with Crippen LogP contribution in [0, 0.1) is 13.8 Å². The Balaban J connectivity index is 1.53. The van der Waals surface area contributed by atoms with E-state index in [9.17, 15) is 4.79 Å². The molecule has 0 saturated carbocycles. The molecule has 0 spiro atoms. The first kappa shape index (κ1) is 16.8. The van der Waals surface area contributed by atoms with E-state index in [1.165, 1.54) is 5.56 Å². The summed E-state index contributed by atoms with van der Waals surface area (Å²) >= 11 is 0. The van der Waals surface area contributed by atoms with Crippen molar-refractivity contribution < 1.29 is 9.53 Å². The van der Waals surface area contributed by atoms with Crippen LogP contribution in [0.2, 0.25) is 0 Å². The molecule has 5 nitrogen and oxygen atoms in total.